The predicted octanol–water partition coefficient (Wildman–Crippen LogP) is 2.07. The fourth-order valence-corrected chi connectivity index (χ4v) is 3.91. The molecule has 0 bridgehead atoms. The van der Waals surface area contributed by atoms with Crippen LogP contribution in [0.2, 0.25) is 0 Å². The van der Waals surface area contributed by atoms with Gasteiger partial charge in [0.2, 0.25) is 0 Å². The summed E-state index contributed by atoms with van der Waals surface area (Å²) >= 11 is 0. The molecule has 1 unspecified atom stereocenters. The molecule has 0 aliphatic carbocycles. The molecule has 2 aromatic rings. The second kappa shape index (κ2) is 7.60. The van der Waals surface area contributed by atoms with Crippen molar-refractivity contribution in [2.24, 2.45) is 7.05 Å². The molecule has 1 aromatic heterocycles. The highest BCUT2D eigenvalue weighted by atomic mass is 16.5. The van der Waals surface area contributed by atoms with Crippen molar-refractivity contribution >= 4 is 5.91 Å². The van der Waals surface area contributed by atoms with E-state index >= 15 is 0 Å². The number of rotatable bonds is 4. The minimum atomic E-state index is -0.0372. The molecule has 1 N–H and O–H groups in total. The summed E-state index contributed by atoms with van der Waals surface area (Å²) in [4.78, 5) is 15.2. The average molecular weight is 354 g/mol. The molecule has 2 saturated heterocycles. The number of aromatic nitrogens is 2. The van der Waals surface area contributed by atoms with Crippen LogP contribution in [0.3, 0.4) is 0 Å². The van der Waals surface area contributed by atoms with Gasteiger partial charge in [-0.15, -0.1) is 0 Å². The monoisotopic (exact) mass is 354 g/mol. The molecule has 26 heavy (non-hydrogen) atoms. The van der Waals surface area contributed by atoms with Gasteiger partial charge in [0.15, 0.2) is 0 Å². The van der Waals surface area contributed by atoms with Crippen LogP contribution in [-0.4, -0.2) is 59.0 Å². The number of piperidine rings is 1. The molecule has 138 valence electrons. The first kappa shape index (κ1) is 17.2. The van der Waals surface area contributed by atoms with Gasteiger partial charge in [0.05, 0.1) is 12.3 Å². The van der Waals surface area contributed by atoms with E-state index in [4.69, 9.17) is 4.74 Å². The van der Waals surface area contributed by atoms with Gasteiger partial charge in [-0.05, 0) is 25.3 Å². The molecule has 0 radical (unpaired) electrons. The quantitative estimate of drug-likeness (QED) is 0.913. The number of ether oxygens (including phenoxy) is 1. The number of benzene rings is 1. The molecule has 6 nitrogen and oxygen atoms in total. The summed E-state index contributed by atoms with van der Waals surface area (Å²) in [5.41, 5.74) is 2.46. The Labute approximate surface area is 154 Å². The number of hydrogen-bond donors (Lipinski definition) is 1. The summed E-state index contributed by atoms with van der Waals surface area (Å²) < 4.78 is 7.16. The largest absolute Gasteiger partial charge is 0.380 e. The normalized spacial score (nSPS) is 21.8. The topological polar surface area (TPSA) is 59.4 Å². The second-order valence-corrected chi connectivity index (χ2v) is 7.21. The van der Waals surface area contributed by atoms with Crippen LogP contribution in [0.1, 0.15) is 29.8 Å². The SMILES string of the molecule is Cn1nc(-c2ccccc2)cc1C(=O)NC1CCN(C2CCOC2)CC1. The van der Waals surface area contributed by atoms with Gasteiger partial charge in [0.25, 0.3) is 5.91 Å². The lowest BCUT2D eigenvalue weighted by atomic mass is 10.0. The van der Waals surface area contributed by atoms with Crippen LogP contribution in [0.4, 0.5) is 0 Å². The number of hydrogen-bond acceptors (Lipinski definition) is 4. The number of aryl methyl sites for hydroxylation is 1. The zero-order valence-electron chi connectivity index (χ0n) is 15.2. The second-order valence-electron chi connectivity index (χ2n) is 7.21. The Balaban J connectivity index is 1.36. The number of nitrogens with one attached hydrogen (secondary N) is 1. The lowest BCUT2D eigenvalue weighted by Crippen LogP contribution is -2.48. The van der Waals surface area contributed by atoms with E-state index in [-0.39, 0.29) is 11.9 Å². The van der Waals surface area contributed by atoms with E-state index in [0.717, 1.165) is 56.8 Å². The van der Waals surface area contributed by atoms with E-state index < -0.39 is 0 Å². The van der Waals surface area contributed by atoms with E-state index in [1.165, 1.54) is 0 Å². The van der Waals surface area contributed by atoms with Crippen molar-refractivity contribution in [2.75, 3.05) is 26.3 Å². The highest BCUT2D eigenvalue weighted by molar-refractivity contribution is 5.93. The maximum absolute atomic E-state index is 12.7. The van der Waals surface area contributed by atoms with Gasteiger partial charge in [-0.2, -0.15) is 5.10 Å². The first-order valence-electron chi connectivity index (χ1n) is 9.43. The third kappa shape index (κ3) is 3.66. The molecule has 6 heteroatoms. The predicted molar refractivity (Wildman–Crippen MR) is 99.9 cm³/mol. The Morgan fingerprint density at radius 2 is 1.96 bits per heavy atom. The molecular weight excluding hydrogens is 328 g/mol. The number of carbonyl (C=O) groups excluding carboxylic acids is 1. The number of carbonyl (C=O) groups is 1. The highest BCUT2D eigenvalue weighted by Gasteiger charge is 2.28. The van der Waals surface area contributed by atoms with Crippen molar-refractivity contribution in [3.63, 3.8) is 0 Å². The molecule has 0 saturated carbocycles. The van der Waals surface area contributed by atoms with Crippen LogP contribution >= 0.6 is 0 Å². The van der Waals surface area contributed by atoms with Crippen molar-refractivity contribution in [2.45, 2.75) is 31.3 Å². The third-order valence-corrected chi connectivity index (χ3v) is 5.47. The van der Waals surface area contributed by atoms with Gasteiger partial charge in [0, 0.05) is 44.4 Å². The summed E-state index contributed by atoms with van der Waals surface area (Å²) in [5, 5.41) is 7.69. The molecule has 1 amide bonds. The molecule has 2 aliphatic heterocycles. The van der Waals surface area contributed by atoms with Crippen molar-refractivity contribution in [3.8, 4) is 11.3 Å². The molecule has 1 atom stereocenters. The van der Waals surface area contributed by atoms with E-state index in [0.29, 0.717) is 11.7 Å². The Morgan fingerprint density at radius 1 is 1.19 bits per heavy atom. The highest BCUT2D eigenvalue weighted by Crippen LogP contribution is 2.20. The van der Waals surface area contributed by atoms with Gasteiger partial charge in [-0.25, -0.2) is 0 Å². The molecule has 0 spiro atoms. The van der Waals surface area contributed by atoms with Crippen LogP contribution in [0.15, 0.2) is 36.4 Å². The van der Waals surface area contributed by atoms with E-state index in [9.17, 15) is 4.79 Å². The zero-order chi connectivity index (χ0) is 17.9. The lowest BCUT2D eigenvalue weighted by molar-refractivity contribution is 0.0866. The van der Waals surface area contributed by atoms with Gasteiger partial charge in [-0.3, -0.25) is 14.4 Å². The summed E-state index contributed by atoms with van der Waals surface area (Å²) in [6.45, 7) is 3.79. The van der Waals surface area contributed by atoms with Crippen LogP contribution in [0.5, 0.6) is 0 Å². The number of nitrogens with zero attached hydrogens (tertiary/aromatic N) is 3. The third-order valence-electron chi connectivity index (χ3n) is 5.47. The first-order chi connectivity index (χ1) is 12.7. The fraction of sp³-hybridized carbons (Fsp3) is 0.500. The number of likely N-dealkylation sites (tertiary alicyclic amines) is 1. The van der Waals surface area contributed by atoms with Crippen molar-refractivity contribution in [3.05, 3.63) is 42.1 Å². The molecule has 2 aliphatic rings. The summed E-state index contributed by atoms with van der Waals surface area (Å²) in [6.07, 6.45) is 3.12. The van der Waals surface area contributed by atoms with Crippen molar-refractivity contribution < 1.29 is 9.53 Å². The Bertz CT molecular complexity index is 744. The fourth-order valence-electron chi connectivity index (χ4n) is 3.91. The Morgan fingerprint density at radius 3 is 2.65 bits per heavy atom. The zero-order valence-corrected chi connectivity index (χ0v) is 15.2. The van der Waals surface area contributed by atoms with Crippen molar-refractivity contribution in [1.82, 2.24) is 20.0 Å². The van der Waals surface area contributed by atoms with Gasteiger partial charge in [-0.1, -0.05) is 30.3 Å². The lowest BCUT2D eigenvalue weighted by Gasteiger charge is -2.35. The maximum atomic E-state index is 12.7. The summed E-state index contributed by atoms with van der Waals surface area (Å²) in [7, 11) is 1.82. The maximum Gasteiger partial charge on any atom is 0.269 e. The van der Waals surface area contributed by atoms with Crippen LogP contribution in [-0.2, 0) is 11.8 Å². The first-order valence-corrected chi connectivity index (χ1v) is 9.43. The van der Waals surface area contributed by atoms with Gasteiger partial charge in [0.1, 0.15) is 5.69 Å². The molecule has 3 heterocycles. The van der Waals surface area contributed by atoms with E-state index in [1.807, 2.05) is 43.4 Å². The van der Waals surface area contributed by atoms with Crippen LogP contribution in [0, 0.1) is 0 Å². The smallest absolute Gasteiger partial charge is 0.269 e. The molecule has 1 aromatic carbocycles. The minimum Gasteiger partial charge on any atom is -0.380 e. The summed E-state index contributed by atoms with van der Waals surface area (Å²) in [5.74, 6) is -0.0372. The molecular formula is C20H26N4O2. The van der Waals surface area contributed by atoms with Crippen molar-refractivity contribution in [1.29, 1.82) is 0 Å². The minimum absolute atomic E-state index is 0.0372. The molecule has 2 fully saturated rings. The van der Waals surface area contributed by atoms with Crippen LogP contribution in [0.25, 0.3) is 11.3 Å². The summed E-state index contributed by atoms with van der Waals surface area (Å²) in [6, 6.07) is 12.6. The van der Waals surface area contributed by atoms with Gasteiger partial charge < -0.3 is 10.1 Å². The van der Waals surface area contributed by atoms with Crippen LogP contribution < -0.4 is 5.32 Å². The number of amides is 1. The van der Waals surface area contributed by atoms with Gasteiger partial charge >= 0.3 is 0 Å². The van der Waals surface area contributed by atoms with E-state index in [2.05, 4.69) is 15.3 Å². The standard InChI is InChI=1S/C20H26N4O2/c1-23-19(13-18(22-23)15-5-3-2-4-6-15)20(25)21-16-7-10-24(11-8-16)17-9-12-26-14-17/h2-6,13,16-17H,7-12,14H2,1H3,(H,21,25). The Kier molecular flexibility index (Phi) is 5.04. The molecule has 4 rings (SSSR count). The average Bonchev–Trinajstić information content (AvgIpc) is 3.33. The van der Waals surface area contributed by atoms with E-state index in [1.54, 1.807) is 4.68 Å². The Hall–Kier alpha value is -2.18.